The van der Waals surface area contributed by atoms with Crippen LogP contribution in [0, 0.1) is 11.8 Å². The van der Waals surface area contributed by atoms with E-state index in [1.807, 2.05) is 52.8 Å². The lowest BCUT2D eigenvalue weighted by molar-refractivity contribution is -0.158. The number of aliphatic hydroxyl groups excluding tert-OH is 2. The third-order valence-corrected chi connectivity index (χ3v) is 7.57. The third kappa shape index (κ3) is 10.3. The maximum atomic E-state index is 12.6. The average Bonchev–Trinajstić information content (AvgIpc) is 3.56. The zero-order valence-electron chi connectivity index (χ0n) is 24.1. The van der Waals surface area contributed by atoms with Crippen LogP contribution in [0.5, 0.6) is 0 Å². The van der Waals surface area contributed by atoms with Gasteiger partial charge in [-0.3, -0.25) is 9.59 Å². The smallest absolute Gasteiger partial charge is 0.309 e. The molecule has 1 saturated heterocycles. The number of esters is 2. The first kappa shape index (κ1) is 32.2. The number of allylic oxidation sites excluding steroid dienone is 2. The fourth-order valence-electron chi connectivity index (χ4n) is 5.10. The lowest BCUT2D eigenvalue weighted by Gasteiger charge is -2.30. The Hall–Kier alpha value is -2.00. The summed E-state index contributed by atoms with van der Waals surface area (Å²) in [6.45, 7) is 12.6. The second kappa shape index (κ2) is 13.9. The van der Waals surface area contributed by atoms with Crippen LogP contribution in [0.3, 0.4) is 0 Å². The van der Waals surface area contributed by atoms with Crippen LogP contribution in [0.15, 0.2) is 36.0 Å². The molecular formula is C30H48O8. The van der Waals surface area contributed by atoms with Gasteiger partial charge in [-0.2, -0.15) is 0 Å². The van der Waals surface area contributed by atoms with Gasteiger partial charge in [0.25, 0.3) is 0 Å². The summed E-state index contributed by atoms with van der Waals surface area (Å²) < 4.78 is 17.0. The van der Waals surface area contributed by atoms with Gasteiger partial charge in [-0.05, 0) is 45.6 Å². The second-order valence-corrected chi connectivity index (χ2v) is 11.6. The molecule has 0 unspecified atom stereocenters. The van der Waals surface area contributed by atoms with E-state index in [2.05, 4.69) is 0 Å². The number of ether oxygens (including phenoxy) is 3. The van der Waals surface area contributed by atoms with Crippen LogP contribution in [0.4, 0.5) is 0 Å². The highest BCUT2D eigenvalue weighted by molar-refractivity contribution is 5.70. The van der Waals surface area contributed by atoms with Gasteiger partial charge in [-0.1, -0.05) is 51.2 Å². The van der Waals surface area contributed by atoms with Gasteiger partial charge < -0.3 is 29.5 Å². The van der Waals surface area contributed by atoms with Gasteiger partial charge in [-0.15, -0.1) is 0 Å². The summed E-state index contributed by atoms with van der Waals surface area (Å²) in [5, 5.41) is 31.3. The predicted octanol–water partition coefficient (Wildman–Crippen LogP) is 4.17. The van der Waals surface area contributed by atoms with Crippen molar-refractivity contribution in [1.29, 1.82) is 0 Å². The highest BCUT2D eigenvalue weighted by Crippen LogP contribution is 2.37. The minimum Gasteiger partial charge on any atom is -0.459 e. The minimum atomic E-state index is -1.10. The minimum absolute atomic E-state index is 0.0163. The Labute approximate surface area is 227 Å². The highest BCUT2D eigenvalue weighted by atomic mass is 16.6. The van der Waals surface area contributed by atoms with E-state index < -0.39 is 35.5 Å². The van der Waals surface area contributed by atoms with E-state index in [0.717, 1.165) is 5.57 Å². The third-order valence-electron chi connectivity index (χ3n) is 7.57. The molecule has 8 nitrogen and oxygen atoms in total. The van der Waals surface area contributed by atoms with Crippen molar-refractivity contribution in [3.63, 3.8) is 0 Å². The van der Waals surface area contributed by atoms with Crippen molar-refractivity contribution in [3.8, 4) is 0 Å². The summed E-state index contributed by atoms with van der Waals surface area (Å²) in [7, 11) is 0. The highest BCUT2D eigenvalue weighted by Gasteiger charge is 2.47. The number of carbonyl (C=O) groups is 2. The summed E-state index contributed by atoms with van der Waals surface area (Å²) >= 11 is 0. The first-order chi connectivity index (χ1) is 17.7. The fourth-order valence-corrected chi connectivity index (χ4v) is 5.10. The molecule has 0 aromatic carbocycles. The Bertz CT molecular complexity index is 891. The molecule has 216 valence electrons. The Balaban J connectivity index is 2.11. The molecule has 2 heterocycles. The first-order valence-corrected chi connectivity index (χ1v) is 13.8. The number of carbonyl (C=O) groups excluding carboxylic acids is 2. The molecule has 0 saturated carbocycles. The molecule has 2 aliphatic rings. The van der Waals surface area contributed by atoms with Crippen molar-refractivity contribution < 1.29 is 39.1 Å². The maximum Gasteiger partial charge on any atom is 0.309 e. The number of aliphatic hydroxyl groups is 3. The molecule has 0 aromatic rings. The van der Waals surface area contributed by atoms with Crippen LogP contribution in [-0.2, 0) is 23.8 Å². The number of hydrogen-bond acceptors (Lipinski definition) is 8. The summed E-state index contributed by atoms with van der Waals surface area (Å²) in [5.41, 5.74) is -1.08. The molecule has 2 rings (SSSR count). The number of rotatable bonds is 9. The van der Waals surface area contributed by atoms with Crippen LogP contribution in [-0.4, -0.2) is 69.0 Å². The van der Waals surface area contributed by atoms with E-state index in [1.54, 1.807) is 19.1 Å². The zero-order chi connectivity index (χ0) is 28.7. The predicted molar refractivity (Wildman–Crippen MR) is 145 cm³/mol. The Morgan fingerprint density at radius 2 is 2.05 bits per heavy atom. The van der Waals surface area contributed by atoms with Crippen molar-refractivity contribution >= 4 is 11.9 Å². The second-order valence-electron chi connectivity index (χ2n) is 11.6. The molecule has 0 radical (unpaired) electrons. The molecule has 0 amide bonds. The molecule has 0 aliphatic carbocycles. The lowest BCUT2D eigenvalue weighted by Crippen LogP contribution is -2.33. The van der Waals surface area contributed by atoms with E-state index >= 15 is 0 Å². The first-order valence-electron chi connectivity index (χ1n) is 13.8. The largest absolute Gasteiger partial charge is 0.459 e. The number of hydrogen-bond donors (Lipinski definition) is 3. The molecule has 9 atom stereocenters. The normalized spacial score (nSPS) is 35.3. The maximum absolute atomic E-state index is 12.6. The molecule has 3 N–H and O–H groups in total. The van der Waals surface area contributed by atoms with Crippen LogP contribution in [0.25, 0.3) is 0 Å². The van der Waals surface area contributed by atoms with Crippen molar-refractivity contribution in [2.75, 3.05) is 0 Å². The summed E-state index contributed by atoms with van der Waals surface area (Å²) in [6.07, 6.45) is 9.27. The summed E-state index contributed by atoms with van der Waals surface area (Å²) in [6, 6.07) is 0. The van der Waals surface area contributed by atoms with E-state index in [9.17, 15) is 24.9 Å². The van der Waals surface area contributed by atoms with Crippen LogP contribution in [0.1, 0.15) is 87.0 Å². The van der Waals surface area contributed by atoms with Gasteiger partial charge in [0, 0.05) is 31.6 Å². The van der Waals surface area contributed by atoms with Crippen LogP contribution >= 0.6 is 0 Å². The van der Waals surface area contributed by atoms with Gasteiger partial charge in [0.1, 0.15) is 11.7 Å². The van der Waals surface area contributed by atoms with Crippen LogP contribution < -0.4 is 0 Å². The topological polar surface area (TPSA) is 126 Å². The Kier molecular flexibility index (Phi) is 11.8. The molecule has 0 aromatic heterocycles. The summed E-state index contributed by atoms with van der Waals surface area (Å²) in [4.78, 5) is 24.2. The van der Waals surface area contributed by atoms with Crippen molar-refractivity contribution in [1.82, 2.24) is 0 Å². The molecule has 2 aliphatic heterocycles. The SMILES string of the molecule is CC[C@@H](O)[C@@H](C)[C@H]1O[C@@H]1C[C@](C)(O)/C=C/C=C(\C)[C@H]1OC(=O)C[C@@H](O)CC[C@@](C)(OC(C)=O)C/C=C/[C@@H]1C. The molecular weight excluding hydrogens is 488 g/mol. The van der Waals surface area contributed by atoms with E-state index in [0.29, 0.717) is 32.1 Å². The quantitative estimate of drug-likeness (QED) is 0.174. The van der Waals surface area contributed by atoms with E-state index in [-0.39, 0.29) is 36.4 Å². The van der Waals surface area contributed by atoms with Crippen LogP contribution in [0.2, 0.25) is 0 Å². The zero-order valence-corrected chi connectivity index (χ0v) is 24.1. The monoisotopic (exact) mass is 536 g/mol. The average molecular weight is 537 g/mol. The fraction of sp³-hybridized carbons (Fsp3) is 0.733. The Morgan fingerprint density at radius 1 is 1.37 bits per heavy atom. The Morgan fingerprint density at radius 3 is 2.68 bits per heavy atom. The van der Waals surface area contributed by atoms with E-state index in [1.165, 1.54) is 6.92 Å². The van der Waals surface area contributed by atoms with Gasteiger partial charge in [-0.25, -0.2) is 0 Å². The number of cyclic esters (lactones) is 1. The van der Waals surface area contributed by atoms with Gasteiger partial charge in [0.15, 0.2) is 0 Å². The van der Waals surface area contributed by atoms with Crippen molar-refractivity contribution in [2.24, 2.45) is 11.8 Å². The van der Waals surface area contributed by atoms with Gasteiger partial charge in [0.05, 0.1) is 36.4 Å². The van der Waals surface area contributed by atoms with E-state index in [4.69, 9.17) is 14.2 Å². The molecule has 8 heteroatoms. The molecule has 1 fully saturated rings. The molecule has 0 spiro atoms. The number of epoxide rings is 1. The summed E-state index contributed by atoms with van der Waals surface area (Å²) in [5.74, 6) is -1.04. The van der Waals surface area contributed by atoms with Gasteiger partial charge in [0.2, 0.25) is 0 Å². The van der Waals surface area contributed by atoms with Gasteiger partial charge >= 0.3 is 11.9 Å². The van der Waals surface area contributed by atoms with Crippen molar-refractivity contribution in [2.45, 2.75) is 129 Å². The van der Waals surface area contributed by atoms with Crippen molar-refractivity contribution in [3.05, 3.63) is 36.0 Å². The lowest BCUT2D eigenvalue weighted by atomic mass is 9.90. The molecule has 38 heavy (non-hydrogen) atoms. The standard InChI is InChI=1S/C30H48O8/c1-8-24(33)21(4)28-25(36-28)18-29(6,35)14-9-11-19(2)27-20(3)12-10-15-30(7,38-22(5)31)16-13-23(32)17-26(34)37-27/h9-12,14,20-21,23-25,27-28,32-33,35H,8,13,15-18H2,1-7H3/b12-10+,14-9+,19-11+/t20-,21+,23-,24+,25+,27+,28+,29+,30-/m0/s1. The molecule has 0 bridgehead atoms.